The molecule has 0 bridgehead atoms. The predicted octanol–water partition coefficient (Wildman–Crippen LogP) is 7.73. The summed E-state index contributed by atoms with van der Waals surface area (Å²) < 4.78 is 10.9. The quantitative estimate of drug-likeness (QED) is 0.0784. The van der Waals surface area contributed by atoms with Gasteiger partial charge < -0.3 is 14.3 Å². The lowest BCUT2D eigenvalue weighted by molar-refractivity contribution is -0.107. The van der Waals surface area contributed by atoms with E-state index in [9.17, 15) is 4.79 Å². The van der Waals surface area contributed by atoms with Crippen LogP contribution in [0.1, 0.15) is 122 Å². The zero-order valence-corrected chi connectivity index (χ0v) is 18.1. The first kappa shape index (κ1) is 26.2. The molecule has 0 rings (SSSR count). The van der Waals surface area contributed by atoms with Crippen LogP contribution < -0.4 is 0 Å². The molecule has 160 valence electrons. The van der Waals surface area contributed by atoms with E-state index < -0.39 is 0 Å². The Morgan fingerprint density at radius 2 is 1.15 bits per heavy atom. The zero-order chi connectivity index (χ0) is 19.7. The minimum absolute atomic E-state index is 0.386. The van der Waals surface area contributed by atoms with Gasteiger partial charge in [0.25, 0.3) is 0 Å². The molecular weight excluding hydrogens is 336 g/mol. The summed E-state index contributed by atoms with van der Waals surface area (Å²) >= 11 is 0. The number of ether oxygens (including phenoxy) is 2. The van der Waals surface area contributed by atoms with Crippen molar-refractivity contribution in [3.05, 3.63) is 12.3 Å². The smallest absolute Gasteiger partial charge is 0.188 e. The molecule has 0 amide bonds. The third-order valence-electron chi connectivity index (χ3n) is 4.93. The Bertz CT molecular complexity index is 302. The number of hydrogen-bond acceptors (Lipinski definition) is 3. The van der Waals surface area contributed by atoms with Crippen molar-refractivity contribution < 1.29 is 14.3 Å². The molecule has 0 unspecified atom stereocenters. The van der Waals surface area contributed by atoms with E-state index >= 15 is 0 Å². The molecule has 0 aromatic heterocycles. The van der Waals surface area contributed by atoms with E-state index in [2.05, 4.69) is 13.0 Å². The van der Waals surface area contributed by atoms with E-state index in [1.807, 2.05) is 0 Å². The Hall–Kier alpha value is -0.830. The first-order valence-corrected chi connectivity index (χ1v) is 11.7. The summed E-state index contributed by atoms with van der Waals surface area (Å²) in [5.74, 6) is 0. The molecule has 0 aromatic carbocycles. The minimum Gasteiger partial charge on any atom is -0.475 e. The van der Waals surface area contributed by atoms with Gasteiger partial charge in [0.05, 0.1) is 12.9 Å². The topological polar surface area (TPSA) is 35.5 Å². The first-order chi connectivity index (χ1) is 13.4. The second-order valence-electron chi connectivity index (χ2n) is 7.61. The highest BCUT2D eigenvalue weighted by atomic mass is 16.7. The molecule has 0 fully saturated rings. The van der Waals surface area contributed by atoms with Gasteiger partial charge in [-0.25, -0.2) is 0 Å². The number of rotatable bonds is 23. The SMILES string of the molecule is CCCCCCCCCCOCOC=CCCCCCCCCCCC=O. The highest BCUT2D eigenvalue weighted by Gasteiger charge is 1.93. The fraction of sp³-hybridized carbons (Fsp3) is 0.875. The molecule has 0 spiro atoms. The minimum atomic E-state index is 0.386. The van der Waals surface area contributed by atoms with Gasteiger partial charge in [0.2, 0.25) is 0 Å². The number of aldehydes is 1. The molecule has 0 N–H and O–H groups in total. The van der Waals surface area contributed by atoms with E-state index in [-0.39, 0.29) is 0 Å². The van der Waals surface area contributed by atoms with Crippen molar-refractivity contribution in [3.8, 4) is 0 Å². The van der Waals surface area contributed by atoms with Crippen molar-refractivity contribution in [3.63, 3.8) is 0 Å². The number of unbranched alkanes of at least 4 members (excludes halogenated alkanes) is 16. The largest absolute Gasteiger partial charge is 0.475 e. The lowest BCUT2D eigenvalue weighted by atomic mass is 10.1. The molecule has 3 heteroatoms. The van der Waals surface area contributed by atoms with Crippen LogP contribution in [0.25, 0.3) is 0 Å². The van der Waals surface area contributed by atoms with Gasteiger partial charge >= 0.3 is 0 Å². The van der Waals surface area contributed by atoms with Crippen LogP contribution in [0, 0.1) is 0 Å². The average Bonchev–Trinajstić information content (AvgIpc) is 2.68. The van der Waals surface area contributed by atoms with Crippen LogP contribution in [0.2, 0.25) is 0 Å². The molecule has 0 saturated carbocycles. The first-order valence-electron chi connectivity index (χ1n) is 11.7. The van der Waals surface area contributed by atoms with Crippen molar-refractivity contribution in [1.82, 2.24) is 0 Å². The Balaban J connectivity index is 3.06. The Labute approximate surface area is 169 Å². The van der Waals surface area contributed by atoms with Crippen molar-refractivity contribution in [2.45, 2.75) is 122 Å². The van der Waals surface area contributed by atoms with Gasteiger partial charge in [-0.3, -0.25) is 0 Å². The summed E-state index contributed by atoms with van der Waals surface area (Å²) in [5.41, 5.74) is 0. The molecule has 0 aliphatic rings. The number of allylic oxidation sites excluding steroid dienone is 1. The Morgan fingerprint density at radius 1 is 0.630 bits per heavy atom. The summed E-state index contributed by atoms with van der Waals surface area (Å²) in [5, 5.41) is 0. The number of carbonyl (C=O) groups is 1. The molecule has 0 saturated heterocycles. The predicted molar refractivity (Wildman–Crippen MR) is 116 cm³/mol. The van der Waals surface area contributed by atoms with E-state index in [1.165, 1.54) is 89.9 Å². The van der Waals surface area contributed by atoms with Crippen LogP contribution in [-0.4, -0.2) is 19.7 Å². The zero-order valence-electron chi connectivity index (χ0n) is 18.1. The van der Waals surface area contributed by atoms with E-state index in [0.29, 0.717) is 6.79 Å². The van der Waals surface area contributed by atoms with E-state index in [4.69, 9.17) is 9.47 Å². The van der Waals surface area contributed by atoms with Gasteiger partial charge in [-0.1, -0.05) is 90.4 Å². The Kier molecular flexibility index (Phi) is 24.4. The fourth-order valence-electron chi connectivity index (χ4n) is 3.17. The Morgan fingerprint density at radius 3 is 1.74 bits per heavy atom. The highest BCUT2D eigenvalue weighted by Crippen LogP contribution is 2.10. The average molecular weight is 383 g/mol. The normalized spacial score (nSPS) is 11.3. The molecule has 0 aromatic rings. The number of hydrogen-bond donors (Lipinski definition) is 0. The highest BCUT2D eigenvalue weighted by molar-refractivity contribution is 5.48. The van der Waals surface area contributed by atoms with E-state index in [0.717, 1.165) is 38.6 Å². The summed E-state index contributed by atoms with van der Waals surface area (Å²) in [6.07, 6.45) is 27.5. The van der Waals surface area contributed by atoms with Gasteiger partial charge in [0, 0.05) is 6.42 Å². The summed E-state index contributed by atoms with van der Waals surface area (Å²) in [6.45, 7) is 3.47. The molecule has 0 heterocycles. The lowest BCUT2D eigenvalue weighted by Crippen LogP contribution is -1.98. The maximum atomic E-state index is 10.2. The lowest BCUT2D eigenvalue weighted by Gasteiger charge is -2.04. The van der Waals surface area contributed by atoms with Crippen molar-refractivity contribution in [1.29, 1.82) is 0 Å². The van der Waals surface area contributed by atoms with Gasteiger partial charge in [0.15, 0.2) is 6.79 Å². The summed E-state index contributed by atoms with van der Waals surface area (Å²) in [7, 11) is 0. The standard InChI is InChI=1S/C24H46O3/c1-2-3-4-5-6-13-16-19-22-26-24-27-23-20-17-14-11-9-7-8-10-12-15-18-21-25/h20-21,23H,2-19,22,24H2,1H3. The monoisotopic (exact) mass is 382 g/mol. The van der Waals surface area contributed by atoms with Gasteiger partial charge in [0.1, 0.15) is 6.29 Å². The van der Waals surface area contributed by atoms with E-state index in [1.54, 1.807) is 6.26 Å². The van der Waals surface area contributed by atoms with Crippen LogP contribution in [0.5, 0.6) is 0 Å². The molecule has 27 heavy (non-hydrogen) atoms. The molecule has 0 aliphatic heterocycles. The molecule has 0 radical (unpaired) electrons. The van der Waals surface area contributed by atoms with Crippen LogP contribution >= 0.6 is 0 Å². The molecule has 0 aliphatic carbocycles. The third kappa shape index (κ3) is 25.2. The van der Waals surface area contributed by atoms with Crippen molar-refractivity contribution >= 4 is 6.29 Å². The van der Waals surface area contributed by atoms with Crippen LogP contribution in [0.3, 0.4) is 0 Å². The molecule has 0 atom stereocenters. The van der Waals surface area contributed by atoms with Crippen molar-refractivity contribution in [2.24, 2.45) is 0 Å². The van der Waals surface area contributed by atoms with Crippen LogP contribution in [0.15, 0.2) is 12.3 Å². The maximum absolute atomic E-state index is 10.2. The maximum Gasteiger partial charge on any atom is 0.188 e. The third-order valence-corrected chi connectivity index (χ3v) is 4.93. The van der Waals surface area contributed by atoms with Crippen LogP contribution in [0.4, 0.5) is 0 Å². The van der Waals surface area contributed by atoms with Gasteiger partial charge in [-0.15, -0.1) is 0 Å². The second kappa shape index (κ2) is 25.2. The summed E-state index contributed by atoms with van der Waals surface area (Å²) in [4.78, 5) is 10.2. The second-order valence-corrected chi connectivity index (χ2v) is 7.61. The number of carbonyl (C=O) groups excluding carboxylic acids is 1. The summed E-state index contributed by atoms with van der Waals surface area (Å²) in [6, 6.07) is 0. The fourth-order valence-corrected chi connectivity index (χ4v) is 3.17. The van der Waals surface area contributed by atoms with Crippen molar-refractivity contribution in [2.75, 3.05) is 13.4 Å². The molecule has 3 nitrogen and oxygen atoms in total. The van der Waals surface area contributed by atoms with Crippen LogP contribution in [-0.2, 0) is 14.3 Å². The van der Waals surface area contributed by atoms with Gasteiger partial charge in [-0.2, -0.15) is 0 Å². The van der Waals surface area contributed by atoms with Gasteiger partial charge in [-0.05, 0) is 31.8 Å². The molecular formula is C24H46O3.